The first kappa shape index (κ1) is 14.0. The fraction of sp³-hybridized carbons (Fsp3) is 0.267. The van der Waals surface area contributed by atoms with Crippen LogP contribution in [0.15, 0.2) is 54.8 Å². The molecule has 1 aromatic carbocycles. The van der Waals surface area contributed by atoms with Gasteiger partial charge in [-0.1, -0.05) is 36.9 Å². The van der Waals surface area contributed by atoms with E-state index in [2.05, 4.69) is 6.58 Å². The lowest BCUT2D eigenvalue weighted by Gasteiger charge is -2.17. The molecule has 3 heteroatoms. The minimum atomic E-state index is -0.472. The monoisotopic (exact) mass is 246 g/mol. The third kappa shape index (κ3) is 4.45. The van der Waals surface area contributed by atoms with Gasteiger partial charge >= 0.3 is 5.97 Å². The molecule has 3 nitrogen and oxygen atoms in total. The molecule has 0 aliphatic carbocycles. The molecule has 0 fully saturated rings. The minimum absolute atomic E-state index is 0.338. The van der Waals surface area contributed by atoms with Gasteiger partial charge in [0, 0.05) is 6.92 Å². The van der Waals surface area contributed by atoms with Gasteiger partial charge in [0.25, 0.3) is 0 Å². The molecule has 0 amide bonds. The van der Waals surface area contributed by atoms with Crippen LogP contribution in [0.1, 0.15) is 25.5 Å². The van der Waals surface area contributed by atoms with Gasteiger partial charge in [0.2, 0.25) is 0 Å². The highest BCUT2D eigenvalue weighted by atomic mass is 16.5. The van der Waals surface area contributed by atoms with Crippen molar-refractivity contribution < 1.29 is 14.3 Å². The Bertz CT molecular complexity index is 421. The van der Waals surface area contributed by atoms with E-state index < -0.39 is 6.10 Å². The SMILES string of the molecule is C=C(/C=C/OCC)C(OC(C)=O)c1ccccc1. The Kier molecular flexibility index (Phi) is 5.71. The fourth-order valence-corrected chi connectivity index (χ4v) is 1.47. The molecule has 0 aliphatic heterocycles. The summed E-state index contributed by atoms with van der Waals surface area (Å²) in [5.41, 5.74) is 1.56. The highest BCUT2D eigenvalue weighted by molar-refractivity contribution is 5.67. The maximum atomic E-state index is 11.1. The van der Waals surface area contributed by atoms with Gasteiger partial charge in [0.15, 0.2) is 6.10 Å². The predicted octanol–water partition coefficient (Wildman–Crippen LogP) is 3.40. The van der Waals surface area contributed by atoms with Gasteiger partial charge in [0.1, 0.15) is 0 Å². The second kappa shape index (κ2) is 7.33. The van der Waals surface area contributed by atoms with Gasteiger partial charge in [-0.05, 0) is 24.1 Å². The minimum Gasteiger partial charge on any atom is -0.501 e. The van der Waals surface area contributed by atoms with Crippen molar-refractivity contribution in [1.29, 1.82) is 0 Å². The normalized spacial score (nSPS) is 12.1. The van der Waals surface area contributed by atoms with E-state index in [0.29, 0.717) is 12.2 Å². The first-order chi connectivity index (χ1) is 8.65. The zero-order valence-electron chi connectivity index (χ0n) is 10.8. The Morgan fingerprint density at radius 2 is 2.06 bits per heavy atom. The zero-order chi connectivity index (χ0) is 13.4. The lowest BCUT2D eigenvalue weighted by atomic mass is 10.0. The predicted molar refractivity (Wildman–Crippen MR) is 70.9 cm³/mol. The fourth-order valence-electron chi connectivity index (χ4n) is 1.47. The summed E-state index contributed by atoms with van der Waals surface area (Å²) in [7, 11) is 0. The van der Waals surface area contributed by atoms with Gasteiger partial charge in [-0.25, -0.2) is 0 Å². The zero-order valence-corrected chi connectivity index (χ0v) is 10.8. The Balaban J connectivity index is 2.85. The summed E-state index contributed by atoms with van der Waals surface area (Å²) in [6.07, 6.45) is 2.80. The number of esters is 1. The quantitative estimate of drug-likeness (QED) is 0.438. The largest absolute Gasteiger partial charge is 0.501 e. The standard InChI is InChI=1S/C15H18O3/c1-4-17-11-10-12(2)15(18-13(3)16)14-8-6-5-7-9-14/h5-11,15H,2,4H2,1,3H3/b11-10+. The van der Waals surface area contributed by atoms with Crippen molar-refractivity contribution in [2.75, 3.05) is 6.61 Å². The number of rotatable bonds is 6. The van der Waals surface area contributed by atoms with Crippen molar-refractivity contribution in [2.24, 2.45) is 0 Å². The lowest BCUT2D eigenvalue weighted by molar-refractivity contribution is -0.144. The number of benzene rings is 1. The van der Waals surface area contributed by atoms with E-state index in [1.165, 1.54) is 6.92 Å². The lowest BCUT2D eigenvalue weighted by Crippen LogP contribution is -2.09. The molecule has 0 bridgehead atoms. The first-order valence-corrected chi connectivity index (χ1v) is 5.84. The number of hydrogen-bond acceptors (Lipinski definition) is 3. The van der Waals surface area contributed by atoms with E-state index >= 15 is 0 Å². The highest BCUT2D eigenvalue weighted by Gasteiger charge is 2.16. The van der Waals surface area contributed by atoms with Gasteiger partial charge in [-0.2, -0.15) is 0 Å². The Hall–Kier alpha value is -2.03. The van der Waals surface area contributed by atoms with Crippen molar-refractivity contribution in [3.8, 4) is 0 Å². The molecule has 0 heterocycles. The van der Waals surface area contributed by atoms with Crippen molar-refractivity contribution in [3.63, 3.8) is 0 Å². The van der Waals surface area contributed by atoms with Crippen LogP contribution in [-0.2, 0) is 14.3 Å². The topological polar surface area (TPSA) is 35.5 Å². The third-order valence-electron chi connectivity index (χ3n) is 2.27. The van der Waals surface area contributed by atoms with Crippen LogP contribution in [0.25, 0.3) is 0 Å². The Morgan fingerprint density at radius 1 is 1.39 bits per heavy atom. The second-order valence-electron chi connectivity index (χ2n) is 3.73. The molecule has 0 radical (unpaired) electrons. The van der Waals surface area contributed by atoms with E-state index in [0.717, 1.165) is 5.56 Å². The van der Waals surface area contributed by atoms with Crippen LogP contribution in [0.5, 0.6) is 0 Å². The van der Waals surface area contributed by atoms with Crippen molar-refractivity contribution in [2.45, 2.75) is 20.0 Å². The number of carbonyl (C=O) groups is 1. The van der Waals surface area contributed by atoms with Crippen LogP contribution in [0.3, 0.4) is 0 Å². The Morgan fingerprint density at radius 3 is 2.61 bits per heavy atom. The van der Waals surface area contributed by atoms with Gasteiger partial charge < -0.3 is 9.47 Å². The molecular weight excluding hydrogens is 228 g/mol. The van der Waals surface area contributed by atoms with Crippen LogP contribution >= 0.6 is 0 Å². The summed E-state index contributed by atoms with van der Waals surface area (Å²) in [4.78, 5) is 11.1. The van der Waals surface area contributed by atoms with E-state index in [1.807, 2.05) is 37.3 Å². The van der Waals surface area contributed by atoms with Crippen LogP contribution in [0, 0.1) is 0 Å². The summed E-state index contributed by atoms with van der Waals surface area (Å²) >= 11 is 0. The summed E-state index contributed by atoms with van der Waals surface area (Å²) < 4.78 is 10.4. The maximum absolute atomic E-state index is 11.1. The molecule has 1 rings (SSSR count). The summed E-state index contributed by atoms with van der Waals surface area (Å²) in [5.74, 6) is -0.338. The van der Waals surface area contributed by atoms with Crippen molar-refractivity contribution in [3.05, 3.63) is 60.4 Å². The summed E-state index contributed by atoms with van der Waals surface area (Å²) in [6, 6.07) is 9.49. The van der Waals surface area contributed by atoms with Crippen LogP contribution in [0.4, 0.5) is 0 Å². The molecule has 0 saturated carbocycles. The molecule has 96 valence electrons. The smallest absolute Gasteiger partial charge is 0.303 e. The van der Waals surface area contributed by atoms with Crippen LogP contribution in [-0.4, -0.2) is 12.6 Å². The third-order valence-corrected chi connectivity index (χ3v) is 2.27. The molecule has 1 unspecified atom stereocenters. The average Bonchev–Trinajstić information content (AvgIpc) is 2.37. The van der Waals surface area contributed by atoms with Crippen LogP contribution < -0.4 is 0 Å². The Labute approximate surface area is 108 Å². The van der Waals surface area contributed by atoms with Gasteiger partial charge in [0.05, 0.1) is 12.9 Å². The summed E-state index contributed by atoms with van der Waals surface area (Å²) in [6.45, 7) is 7.78. The van der Waals surface area contributed by atoms with E-state index in [4.69, 9.17) is 9.47 Å². The molecule has 1 atom stereocenters. The van der Waals surface area contributed by atoms with Crippen LogP contribution in [0.2, 0.25) is 0 Å². The van der Waals surface area contributed by atoms with E-state index in [9.17, 15) is 4.79 Å². The molecule has 0 aliphatic rings. The second-order valence-corrected chi connectivity index (χ2v) is 3.73. The average molecular weight is 246 g/mol. The molecule has 0 saturated heterocycles. The molecular formula is C15H18O3. The highest BCUT2D eigenvalue weighted by Crippen LogP contribution is 2.25. The summed E-state index contributed by atoms with van der Waals surface area (Å²) in [5, 5.41) is 0. The van der Waals surface area contributed by atoms with E-state index in [1.54, 1.807) is 12.3 Å². The van der Waals surface area contributed by atoms with Crippen molar-refractivity contribution in [1.82, 2.24) is 0 Å². The molecule has 0 N–H and O–H groups in total. The van der Waals surface area contributed by atoms with Gasteiger partial charge in [-0.15, -0.1) is 0 Å². The maximum Gasteiger partial charge on any atom is 0.303 e. The molecule has 0 aromatic heterocycles. The molecule has 1 aromatic rings. The van der Waals surface area contributed by atoms with Gasteiger partial charge in [-0.3, -0.25) is 4.79 Å². The molecule has 18 heavy (non-hydrogen) atoms. The van der Waals surface area contributed by atoms with Crippen molar-refractivity contribution >= 4 is 5.97 Å². The number of ether oxygens (including phenoxy) is 2. The number of carbonyl (C=O) groups excluding carboxylic acids is 1. The van der Waals surface area contributed by atoms with E-state index in [-0.39, 0.29) is 5.97 Å². The molecule has 0 spiro atoms. The first-order valence-electron chi connectivity index (χ1n) is 5.84. The number of hydrogen-bond donors (Lipinski definition) is 0.